The fourth-order valence-corrected chi connectivity index (χ4v) is 3.38. The van der Waals surface area contributed by atoms with Gasteiger partial charge in [-0.2, -0.15) is 5.10 Å². The predicted octanol–water partition coefficient (Wildman–Crippen LogP) is 3.31. The van der Waals surface area contributed by atoms with Gasteiger partial charge in [-0.05, 0) is 29.3 Å². The number of methoxy groups -OCH3 is 1. The highest BCUT2D eigenvalue weighted by molar-refractivity contribution is 5.81. The number of ether oxygens (including phenoxy) is 1. The van der Waals surface area contributed by atoms with Crippen molar-refractivity contribution in [3.63, 3.8) is 0 Å². The van der Waals surface area contributed by atoms with E-state index in [-0.39, 0.29) is 24.1 Å². The third kappa shape index (κ3) is 4.07. The number of amides is 1. The molecule has 6 heteroatoms. The van der Waals surface area contributed by atoms with E-state index in [4.69, 9.17) is 4.74 Å². The number of hydrogen-bond donors (Lipinski definition) is 1. The van der Waals surface area contributed by atoms with Crippen LogP contribution < -0.4 is 15.6 Å². The minimum atomic E-state index is -0.360. The molecular formula is C24H21N3O3. The number of nitrogens with zero attached hydrogens (tertiary/aromatic N) is 2. The Bertz CT molecular complexity index is 1220. The summed E-state index contributed by atoms with van der Waals surface area (Å²) in [5, 5.41) is 8.47. The van der Waals surface area contributed by atoms with Crippen molar-refractivity contribution in [3.8, 4) is 5.75 Å². The van der Waals surface area contributed by atoms with Crippen molar-refractivity contribution in [3.05, 3.63) is 107 Å². The lowest BCUT2D eigenvalue weighted by Gasteiger charge is -2.20. The van der Waals surface area contributed by atoms with Crippen LogP contribution in [0.25, 0.3) is 10.8 Å². The van der Waals surface area contributed by atoms with Crippen LogP contribution in [0, 0.1) is 0 Å². The first-order valence-electron chi connectivity index (χ1n) is 9.59. The lowest BCUT2D eigenvalue weighted by Crippen LogP contribution is -2.36. The topological polar surface area (TPSA) is 73.2 Å². The second-order valence-electron chi connectivity index (χ2n) is 6.88. The number of aromatic nitrogens is 2. The molecule has 0 saturated carbocycles. The summed E-state index contributed by atoms with van der Waals surface area (Å²) in [6.07, 6.45) is 1.60. The molecule has 0 spiro atoms. The molecule has 0 radical (unpaired) electrons. The molecule has 0 aliphatic heterocycles. The van der Waals surface area contributed by atoms with Crippen molar-refractivity contribution in [1.82, 2.24) is 15.1 Å². The smallest absolute Gasteiger partial charge is 0.275 e. The van der Waals surface area contributed by atoms with Crippen molar-refractivity contribution in [2.45, 2.75) is 12.6 Å². The van der Waals surface area contributed by atoms with E-state index in [1.165, 1.54) is 4.68 Å². The van der Waals surface area contributed by atoms with E-state index in [2.05, 4.69) is 10.4 Å². The summed E-state index contributed by atoms with van der Waals surface area (Å²) in [5.74, 6) is 0.438. The van der Waals surface area contributed by atoms with Gasteiger partial charge < -0.3 is 10.1 Å². The fourth-order valence-electron chi connectivity index (χ4n) is 3.38. The molecule has 30 heavy (non-hydrogen) atoms. The van der Waals surface area contributed by atoms with Gasteiger partial charge >= 0.3 is 0 Å². The average molecular weight is 399 g/mol. The molecule has 0 aliphatic rings. The van der Waals surface area contributed by atoms with Crippen molar-refractivity contribution < 1.29 is 9.53 Å². The van der Waals surface area contributed by atoms with Crippen LogP contribution in [0.4, 0.5) is 0 Å². The molecule has 0 aliphatic carbocycles. The maximum atomic E-state index is 12.8. The van der Waals surface area contributed by atoms with Crippen LogP contribution in [0.1, 0.15) is 17.2 Å². The highest BCUT2D eigenvalue weighted by atomic mass is 16.5. The van der Waals surface area contributed by atoms with Crippen LogP contribution in [0.3, 0.4) is 0 Å². The van der Waals surface area contributed by atoms with Gasteiger partial charge in [0, 0.05) is 5.39 Å². The summed E-state index contributed by atoms with van der Waals surface area (Å²) >= 11 is 0. The van der Waals surface area contributed by atoms with E-state index < -0.39 is 0 Å². The molecule has 3 aromatic carbocycles. The fraction of sp³-hybridized carbons (Fsp3) is 0.125. The number of rotatable bonds is 6. The zero-order chi connectivity index (χ0) is 20.9. The average Bonchev–Trinajstić information content (AvgIpc) is 2.80. The lowest BCUT2D eigenvalue weighted by atomic mass is 9.98. The van der Waals surface area contributed by atoms with Crippen LogP contribution in [-0.4, -0.2) is 22.8 Å². The molecule has 0 fully saturated rings. The number of benzene rings is 3. The third-order valence-electron chi connectivity index (χ3n) is 4.94. The molecule has 1 amide bonds. The quantitative estimate of drug-likeness (QED) is 0.540. The molecule has 6 nitrogen and oxygen atoms in total. The van der Waals surface area contributed by atoms with E-state index in [1.807, 2.05) is 66.7 Å². The van der Waals surface area contributed by atoms with Crippen LogP contribution in [0.15, 0.2) is 89.9 Å². The summed E-state index contributed by atoms with van der Waals surface area (Å²) in [6.45, 7) is -0.164. The minimum absolute atomic E-state index is 0.164. The number of carbonyl (C=O) groups excluding carboxylic acids is 1. The van der Waals surface area contributed by atoms with Crippen LogP contribution in [0.2, 0.25) is 0 Å². The maximum absolute atomic E-state index is 12.8. The Morgan fingerprint density at radius 2 is 1.63 bits per heavy atom. The second kappa shape index (κ2) is 8.61. The Morgan fingerprint density at radius 1 is 0.967 bits per heavy atom. The minimum Gasteiger partial charge on any atom is -0.497 e. The largest absolute Gasteiger partial charge is 0.497 e. The standard InChI is InChI=1S/C24H21N3O3/c1-30-20-13-11-18(12-14-20)23(17-7-3-2-4-8-17)26-22(28)16-27-24(29)21-10-6-5-9-19(21)15-25-27/h2-15,23H,16H2,1H3,(H,26,28). The van der Waals surface area contributed by atoms with Gasteiger partial charge in [0.05, 0.1) is 24.7 Å². The van der Waals surface area contributed by atoms with E-state index >= 15 is 0 Å². The summed E-state index contributed by atoms with van der Waals surface area (Å²) in [7, 11) is 1.61. The Hall–Kier alpha value is -3.93. The Kier molecular flexibility index (Phi) is 5.57. The lowest BCUT2D eigenvalue weighted by molar-refractivity contribution is -0.122. The summed E-state index contributed by atoms with van der Waals surface area (Å²) in [4.78, 5) is 25.5. The summed E-state index contributed by atoms with van der Waals surface area (Å²) in [5.41, 5.74) is 1.56. The number of fused-ring (bicyclic) bond motifs is 1. The first kappa shape index (κ1) is 19.4. The maximum Gasteiger partial charge on any atom is 0.275 e. The normalized spacial score (nSPS) is 11.8. The van der Waals surface area contributed by atoms with Crippen molar-refractivity contribution >= 4 is 16.7 Å². The van der Waals surface area contributed by atoms with Gasteiger partial charge in [0.2, 0.25) is 5.91 Å². The van der Waals surface area contributed by atoms with Gasteiger partial charge in [-0.3, -0.25) is 9.59 Å². The highest BCUT2D eigenvalue weighted by Crippen LogP contribution is 2.24. The van der Waals surface area contributed by atoms with Crippen molar-refractivity contribution in [2.24, 2.45) is 0 Å². The van der Waals surface area contributed by atoms with E-state index in [0.717, 1.165) is 22.3 Å². The third-order valence-corrected chi connectivity index (χ3v) is 4.94. The van der Waals surface area contributed by atoms with Gasteiger partial charge in [-0.1, -0.05) is 60.7 Å². The molecule has 1 N–H and O–H groups in total. The van der Waals surface area contributed by atoms with E-state index in [0.29, 0.717) is 5.39 Å². The van der Waals surface area contributed by atoms with Gasteiger partial charge in [0.15, 0.2) is 0 Å². The predicted molar refractivity (Wildman–Crippen MR) is 115 cm³/mol. The van der Waals surface area contributed by atoms with Crippen LogP contribution in [-0.2, 0) is 11.3 Å². The highest BCUT2D eigenvalue weighted by Gasteiger charge is 2.18. The van der Waals surface area contributed by atoms with Crippen LogP contribution in [0.5, 0.6) is 5.75 Å². The van der Waals surface area contributed by atoms with Crippen molar-refractivity contribution in [1.29, 1.82) is 0 Å². The van der Waals surface area contributed by atoms with E-state index in [9.17, 15) is 9.59 Å². The molecule has 150 valence electrons. The van der Waals surface area contributed by atoms with Gasteiger partial charge in [-0.25, -0.2) is 4.68 Å². The zero-order valence-corrected chi connectivity index (χ0v) is 16.5. The second-order valence-corrected chi connectivity index (χ2v) is 6.88. The number of carbonyl (C=O) groups is 1. The first-order chi connectivity index (χ1) is 14.7. The van der Waals surface area contributed by atoms with Gasteiger partial charge in [-0.15, -0.1) is 0 Å². The number of hydrogen-bond acceptors (Lipinski definition) is 4. The SMILES string of the molecule is COc1ccc(C(NC(=O)Cn2ncc3ccccc3c2=O)c2ccccc2)cc1. The summed E-state index contributed by atoms with van der Waals surface area (Å²) in [6, 6.07) is 24.1. The molecule has 0 bridgehead atoms. The Labute approximate surface area is 173 Å². The zero-order valence-electron chi connectivity index (χ0n) is 16.5. The Morgan fingerprint density at radius 3 is 2.37 bits per heavy atom. The molecule has 0 saturated heterocycles. The molecule has 4 rings (SSSR count). The summed E-state index contributed by atoms with van der Waals surface area (Å²) < 4.78 is 6.42. The molecular weight excluding hydrogens is 378 g/mol. The Balaban J connectivity index is 1.60. The number of nitrogens with one attached hydrogen (secondary N) is 1. The van der Waals surface area contributed by atoms with Gasteiger partial charge in [0.1, 0.15) is 12.3 Å². The van der Waals surface area contributed by atoms with E-state index in [1.54, 1.807) is 25.4 Å². The molecule has 1 atom stereocenters. The molecule has 1 heterocycles. The van der Waals surface area contributed by atoms with Gasteiger partial charge in [0.25, 0.3) is 5.56 Å². The van der Waals surface area contributed by atoms with Crippen LogP contribution >= 0.6 is 0 Å². The van der Waals surface area contributed by atoms with Crippen molar-refractivity contribution in [2.75, 3.05) is 7.11 Å². The molecule has 4 aromatic rings. The first-order valence-corrected chi connectivity index (χ1v) is 9.59. The monoisotopic (exact) mass is 399 g/mol. The molecule has 1 aromatic heterocycles. The molecule has 1 unspecified atom stereocenters.